The zero-order valence-electron chi connectivity index (χ0n) is 14.8. The molecule has 1 aromatic carbocycles. The number of aryl methyl sites for hydroxylation is 1. The van der Waals surface area contributed by atoms with Crippen LogP contribution in [0.5, 0.6) is 0 Å². The lowest BCUT2D eigenvalue weighted by Crippen LogP contribution is -2.35. The molecule has 1 aliphatic rings. The molecule has 3 aromatic rings. The van der Waals surface area contributed by atoms with Crippen molar-refractivity contribution >= 4 is 23.1 Å². The predicted octanol–water partition coefficient (Wildman–Crippen LogP) is 3.80. The molecular formula is C20H22N4OS. The molecule has 6 heteroatoms. The molecule has 134 valence electrons. The summed E-state index contributed by atoms with van der Waals surface area (Å²) in [6.07, 6.45) is 0.948. The van der Waals surface area contributed by atoms with E-state index in [0.29, 0.717) is 0 Å². The van der Waals surface area contributed by atoms with Crippen molar-refractivity contribution in [3.63, 3.8) is 0 Å². The lowest BCUT2D eigenvalue weighted by molar-refractivity contribution is 0.0771. The highest BCUT2D eigenvalue weighted by molar-refractivity contribution is 7.12. The van der Waals surface area contributed by atoms with Gasteiger partial charge < -0.3 is 9.80 Å². The van der Waals surface area contributed by atoms with Gasteiger partial charge in [-0.3, -0.25) is 9.89 Å². The van der Waals surface area contributed by atoms with Gasteiger partial charge in [0.25, 0.3) is 5.91 Å². The van der Waals surface area contributed by atoms with Crippen LogP contribution in [-0.4, -0.2) is 47.2 Å². The van der Waals surface area contributed by atoms with Crippen LogP contribution in [0.3, 0.4) is 0 Å². The maximum atomic E-state index is 12.8. The summed E-state index contributed by atoms with van der Waals surface area (Å²) in [4.78, 5) is 17.9. The van der Waals surface area contributed by atoms with Gasteiger partial charge in [0.05, 0.1) is 10.6 Å². The number of thiophene rings is 1. The van der Waals surface area contributed by atoms with Crippen LogP contribution in [0.4, 0.5) is 5.82 Å². The number of hydrogen-bond acceptors (Lipinski definition) is 4. The summed E-state index contributed by atoms with van der Waals surface area (Å²) < 4.78 is 0. The van der Waals surface area contributed by atoms with Gasteiger partial charge in [-0.05, 0) is 35.9 Å². The number of amides is 1. The lowest BCUT2D eigenvalue weighted by atomic mass is 10.1. The number of nitrogens with one attached hydrogen (secondary N) is 1. The summed E-state index contributed by atoms with van der Waals surface area (Å²) in [6, 6.07) is 14.3. The highest BCUT2D eigenvalue weighted by atomic mass is 32.1. The number of nitrogens with zero attached hydrogens (tertiary/aromatic N) is 3. The summed E-state index contributed by atoms with van der Waals surface area (Å²) >= 11 is 1.53. The Morgan fingerprint density at radius 3 is 2.73 bits per heavy atom. The van der Waals surface area contributed by atoms with Crippen LogP contribution >= 0.6 is 11.3 Å². The van der Waals surface area contributed by atoms with Gasteiger partial charge in [0, 0.05) is 32.2 Å². The molecule has 0 aliphatic carbocycles. The fourth-order valence-electron chi connectivity index (χ4n) is 3.32. The fourth-order valence-corrected chi connectivity index (χ4v) is 4.22. The van der Waals surface area contributed by atoms with Crippen molar-refractivity contribution < 1.29 is 4.79 Å². The third-order valence-electron chi connectivity index (χ3n) is 4.81. The number of aromatic nitrogens is 2. The Labute approximate surface area is 157 Å². The van der Waals surface area contributed by atoms with E-state index in [-0.39, 0.29) is 5.91 Å². The molecule has 0 bridgehead atoms. The molecule has 0 spiro atoms. The second kappa shape index (κ2) is 7.33. The largest absolute Gasteiger partial charge is 0.353 e. The summed E-state index contributed by atoms with van der Waals surface area (Å²) in [5.74, 6) is 1.11. The maximum Gasteiger partial charge on any atom is 0.264 e. The minimum absolute atomic E-state index is 0.159. The van der Waals surface area contributed by atoms with Crippen molar-refractivity contribution in [1.82, 2.24) is 15.1 Å². The van der Waals surface area contributed by atoms with Crippen LogP contribution in [-0.2, 0) is 0 Å². The average Bonchev–Trinajstić information content (AvgIpc) is 3.25. The Kier molecular flexibility index (Phi) is 4.75. The number of carbonyl (C=O) groups excluding carboxylic acids is 1. The molecule has 1 N–H and O–H groups in total. The van der Waals surface area contributed by atoms with Crippen molar-refractivity contribution in [2.75, 3.05) is 31.1 Å². The van der Waals surface area contributed by atoms with Crippen molar-refractivity contribution in [1.29, 1.82) is 0 Å². The van der Waals surface area contributed by atoms with Gasteiger partial charge in [0.2, 0.25) is 0 Å². The van der Waals surface area contributed by atoms with Gasteiger partial charge in [-0.15, -0.1) is 11.3 Å². The highest BCUT2D eigenvalue weighted by Gasteiger charge is 2.23. The van der Waals surface area contributed by atoms with Crippen LogP contribution in [0.2, 0.25) is 0 Å². The molecule has 1 saturated heterocycles. The summed E-state index contributed by atoms with van der Waals surface area (Å²) in [5, 5.41) is 9.61. The molecule has 5 nitrogen and oxygen atoms in total. The molecule has 1 aliphatic heterocycles. The number of rotatable bonds is 3. The normalized spacial score (nSPS) is 15.1. The second-order valence-electron chi connectivity index (χ2n) is 6.57. The zero-order chi connectivity index (χ0) is 17.9. The van der Waals surface area contributed by atoms with Crippen molar-refractivity contribution in [2.45, 2.75) is 13.3 Å². The quantitative estimate of drug-likeness (QED) is 0.767. The van der Waals surface area contributed by atoms with E-state index in [4.69, 9.17) is 0 Å². The molecule has 4 rings (SSSR count). The Morgan fingerprint density at radius 2 is 1.96 bits per heavy atom. The van der Waals surface area contributed by atoms with Crippen molar-refractivity contribution in [3.8, 4) is 11.3 Å². The van der Waals surface area contributed by atoms with Crippen LogP contribution < -0.4 is 4.90 Å². The molecule has 2 aromatic heterocycles. The predicted molar refractivity (Wildman–Crippen MR) is 106 cm³/mol. The maximum absolute atomic E-state index is 12.8. The number of carbonyl (C=O) groups is 1. The second-order valence-corrected chi connectivity index (χ2v) is 7.49. The van der Waals surface area contributed by atoms with Gasteiger partial charge in [0.15, 0.2) is 5.82 Å². The first kappa shape index (κ1) is 16.8. The number of anilines is 1. The Hall–Kier alpha value is -2.60. The van der Waals surface area contributed by atoms with E-state index >= 15 is 0 Å². The molecule has 0 atom stereocenters. The summed E-state index contributed by atoms with van der Waals surface area (Å²) in [6.45, 7) is 5.23. The smallest absolute Gasteiger partial charge is 0.264 e. The molecular weight excluding hydrogens is 344 g/mol. The van der Waals surface area contributed by atoms with Gasteiger partial charge in [-0.2, -0.15) is 5.10 Å². The average molecular weight is 366 g/mol. The van der Waals surface area contributed by atoms with E-state index in [2.05, 4.69) is 33.3 Å². The fraction of sp³-hybridized carbons (Fsp3) is 0.300. The Bertz CT molecular complexity index is 886. The van der Waals surface area contributed by atoms with Crippen molar-refractivity contribution in [2.24, 2.45) is 0 Å². The monoisotopic (exact) mass is 366 g/mol. The SMILES string of the molecule is Cc1ccsc1C(=O)N1CCCN(c2cc(-c3ccccc3)[nH]n2)CC1. The van der Waals surface area contributed by atoms with E-state index in [1.54, 1.807) is 0 Å². The van der Waals surface area contributed by atoms with Crippen molar-refractivity contribution in [3.05, 3.63) is 58.3 Å². The van der Waals surface area contributed by atoms with E-state index in [1.807, 2.05) is 41.5 Å². The first-order chi connectivity index (χ1) is 12.7. The van der Waals surface area contributed by atoms with Gasteiger partial charge in [0.1, 0.15) is 0 Å². The first-order valence-corrected chi connectivity index (χ1v) is 9.79. The van der Waals surface area contributed by atoms with E-state index < -0.39 is 0 Å². The zero-order valence-corrected chi connectivity index (χ0v) is 15.6. The molecule has 26 heavy (non-hydrogen) atoms. The van der Waals surface area contributed by atoms with E-state index in [9.17, 15) is 4.79 Å². The Balaban J connectivity index is 1.45. The summed E-state index contributed by atoms with van der Waals surface area (Å²) in [5.41, 5.74) is 3.22. The number of benzene rings is 1. The van der Waals surface area contributed by atoms with Crippen LogP contribution in [0.1, 0.15) is 21.7 Å². The van der Waals surface area contributed by atoms with Crippen LogP contribution in [0.15, 0.2) is 47.8 Å². The molecule has 0 radical (unpaired) electrons. The van der Waals surface area contributed by atoms with Crippen LogP contribution in [0, 0.1) is 6.92 Å². The van der Waals surface area contributed by atoms with E-state index in [1.165, 1.54) is 11.3 Å². The molecule has 0 saturated carbocycles. The van der Waals surface area contributed by atoms with Gasteiger partial charge >= 0.3 is 0 Å². The highest BCUT2D eigenvalue weighted by Crippen LogP contribution is 2.23. The van der Waals surface area contributed by atoms with E-state index in [0.717, 1.165) is 60.1 Å². The van der Waals surface area contributed by atoms with Gasteiger partial charge in [-0.25, -0.2) is 0 Å². The number of aromatic amines is 1. The standard InChI is InChI=1S/C20H22N4OS/c1-15-8-13-26-19(15)20(25)24-10-5-9-23(11-12-24)18-14-17(21-22-18)16-6-3-2-4-7-16/h2-4,6-8,13-14H,5,9-12H2,1H3,(H,21,22). The first-order valence-electron chi connectivity index (χ1n) is 8.91. The topological polar surface area (TPSA) is 52.2 Å². The molecule has 1 fully saturated rings. The number of hydrogen-bond donors (Lipinski definition) is 1. The molecule has 1 amide bonds. The molecule has 3 heterocycles. The third-order valence-corrected chi connectivity index (χ3v) is 5.82. The van der Waals surface area contributed by atoms with Gasteiger partial charge in [-0.1, -0.05) is 30.3 Å². The number of H-pyrrole nitrogens is 1. The third kappa shape index (κ3) is 3.37. The Morgan fingerprint density at radius 1 is 1.12 bits per heavy atom. The summed E-state index contributed by atoms with van der Waals surface area (Å²) in [7, 11) is 0. The van der Waals surface area contributed by atoms with Crippen LogP contribution in [0.25, 0.3) is 11.3 Å². The lowest BCUT2D eigenvalue weighted by Gasteiger charge is -2.21. The molecule has 0 unspecified atom stereocenters. The minimum atomic E-state index is 0.159. The minimum Gasteiger partial charge on any atom is -0.353 e.